The lowest BCUT2D eigenvalue weighted by molar-refractivity contribution is -0.129. The fraction of sp³-hybridized carbons (Fsp3) is 0.533. The molecule has 1 heterocycles. The van der Waals surface area contributed by atoms with Gasteiger partial charge in [-0.25, -0.2) is 0 Å². The van der Waals surface area contributed by atoms with Crippen LogP contribution in [0.4, 0.5) is 11.4 Å². The summed E-state index contributed by atoms with van der Waals surface area (Å²) in [6, 6.07) is 4.15. The number of aryl methyl sites for hydroxylation is 1. The van der Waals surface area contributed by atoms with Crippen LogP contribution in [-0.4, -0.2) is 37.0 Å². The summed E-state index contributed by atoms with van der Waals surface area (Å²) < 4.78 is 0. The van der Waals surface area contributed by atoms with E-state index in [2.05, 4.69) is 11.0 Å². The molecule has 0 saturated heterocycles. The predicted octanol–water partition coefficient (Wildman–Crippen LogP) is 1.81. The summed E-state index contributed by atoms with van der Waals surface area (Å²) in [5.74, 6) is 0.192. The van der Waals surface area contributed by atoms with Crippen LogP contribution in [0, 0.1) is 6.92 Å². The Morgan fingerprint density at radius 1 is 1.37 bits per heavy atom. The van der Waals surface area contributed by atoms with Crippen molar-refractivity contribution in [3.05, 3.63) is 23.3 Å². The Kier molecular flexibility index (Phi) is 3.98. The SMILES string of the molecule is CCN(CC)C(=O)CN1CCc2cc(C)c(N)cc21. The summed E-state index contributed by atoms with van der Waals surface area (Å²) >= 11 is 0. The molecule has 0 unspecified atom stereocenters. The van der Waals surface area contributed by atoms with Crippen LogP contribution in [0.3, 0.4) is 0 Å². The van der Waals surface area contributed by atoms with Crippen LogP contribution in [0.5, 0.6) is 0 Å². The summed E-state index contributed by atoms with van der Waals surface area (Å²) in [5, 5.41) is 0. The van der Waals surface area contributed by atoms with Gasteiger partial charge in [-0.15, -0.1) is 0 Å². The number of nitrogen functional groups attached to an aromatic ring is 1. The standard InChI is InChI=1S/C15H23N3O/c1-4-17(5-2)15(19)10-18-7-6-12-8-11(3)13(16)9-14(12)18/h8-9H,4-7,10,16H2,1-3H3. The van der Waals surface area contributed by atoms with E-state index in [-0.39, 0.29) is 5.91 Å². The first-order valence-electron chi connectivity index (χ1n) is 6.98. The second-order valence-corrected chi connectivity index (χ2v) is 5.08. The predicted molar refractivity (Wildman–Crippen MR) is 79.4 cm³/mol. The number of likely N-dealkylation sites (N-methyl/N-ethyl adjacent to an activating group) is 1. The van der Waals surface area contributed by atoms with Gasteiger partial charge < -0.3 is 15.5 Å². The van der Waals surface area contributed by atoms with Crippen LogP contribution in [0.25, 0.3) is 0 Å². The molecule has 1 aliphatic heterocycles. The Balaban J connectivity index is 2.14. The van der Waals surface area contributed by atoms with Crippen molar-refractivity contribution in [2.24, 2.45) is 0 Å². The van der Waals surface area contributed by atoms with Crippen molar-refractivity contribution in [1.82, 2.24) is 4.90 Å². The molecule has 2 rings (SSSR count). The van der Waals surface area contributed by atoms with Crippen LogP contribution in [0.1, 0.15) is 25.0 Å². The zero-order valence-electron chi connectivity index (χ0n) is 12.1. The first kappa shape index (κ1) is 13.7. The first-order valence-corrected chi connectivity index (χ1v) is 6.98. The third-order valence-corrected chi connectivity index (χ3v) is 3.90. The summed E-state index contributed by atoms with van der Waals surface area (Å²) in [7, 11) is 0. The third-order valence-electron chi connectivity index (χ3n) is 3.90. The lowest BCUT2D eigenvalue weighted by Crippen LogP contribution is -2.39. The number of rotatable bonds is 4. The van der Waals surface area contributed by atoms with Crippen LogP contribution in [0.15, 0.2) is 12.1 Å². The summed E-state index contributed by atoms with van der Waals surface area (Å²) in [6.07, 6.45) is 1.00. The van der Waals surface area contributed by atoms with Gasteiger partial charge in [-0.1, -0.05) is 6.07 Å². The van der Waals surface area contributed by atoms with E-state index in [9.17, 15) is 4.79 Å². The van der Waals surface area contributed by atoms with Crippen LogP contribution < -0.4 is 10.6 Å². The minimum Gasteiger partial charge on any atom is -0.398 e. The molecule has 1 aliphatic rings. The molecule has 0 aromatic heterocycles. The maximum atomic E-state index is 12.2. The van der Waals surface area contributed by atoms with Crippen molar-refractivity contribution in [2.45, 2.75) is 27.2 Å². The van der Waals surface area contributed by atoms with E-state index in [1.54, 1.807) is 0 Å². The zero-order chi connectivity index (χ0) is 14.0. The van der Waals surface area contributed by atoms with Crippen molar-refractivity contribution < 1.29 is 4.79 Å². The molecule has 0 saturated carbocycles. The van der Waals surface area contributed by atoms with Crippen molar-refractivity contribution in [1.29, 1.82) is 0 Å². The summed E-state index contributed by atoms with van der Waals surface area (Å²) in [4.78, 5) is 16.2. The molecule has 1 aromatic carbocycles. The zero-order valence-corrected chi connectivity index (χ0v) is 12.1. The molecule has 0 fully saturated rings. The number of carbonyl (C=O) groups is 1. The maximum Gasteiger partial charge on any atom is 0.242 e. The van der Waals surface area contributed by atoms with E-state index in [1.165, 1.54) is 5.56 Å². The lowest BCUT2D eigenvalue weighted by atomic mass is 10.1. The molecule has 0 bridgehead atoms. The lowest BCUT2D eigenvalue weighted by Gasteiger charge is -2.24. The smallest absolute Gasteiger partial charge is 0.242 e. The molecule has 19 heavy (non-hydrogen) atoms. The monoisotopic (exact) mass is 261 g/mol. The topological polar surface area (TPSA) is 49.6 Å². The molecular weight excluding hydrogens is 238 g/mol. The van der Waals surface area contributed by atoms with E-state index in [0.717, 1.165) is 43.0 Å². The number of carbonyl (C=O) groups excluding carboxylic acids is 1. The van der Waals surface area contributed by atoms with Gasteiger partial charge in [0.15, 0.2) is 0 Å². The Hall–Kier alpha value is -1.71. The highest BCUT2D eigenvalue weighted by Crippen LogP contribution is 2.31. The fourth-order valence-corrected chi connectivity index (χ4v) is 2.65. The van der Waals surface area contributed by atoms with Gasteiger partial charge in [0, 0.05) is 31.0 Å². The normalized spacial score (nSPS) is 13.5. The molecule has 1 amide bonds. The Bertz CT molecular complexity index is 481. The molecule has 0 atom stereocenters. The molecule has 0 spiro atoms. The number of fused-ring (bicyclic) bond motifs is 1. The number of hydrogen-bond acceptors (Lipinski definition) is 3. The van der Waals surface area contributed by atoms with E-state index < -0.39 is 0 Å². The van der Waals surface area contributed by atoms with Crippen molar-refractivity contribution in [3.63, 3.8) is 0 Å². The van der Waals surface area contributed by atoms with Gasteiger partial charge in [0.2, 0.25) is 5.91 Å². The van der Waals surface area contributed by atoms with Gasteiger partial charge in [-0.2, -0.15) is 0 Å². The molecule has 104 valence electrons. The largest absolute Gasteiger partial charge is 0.398 e. The first-order chi connectivity index (χ1) is 9.06. The van der Waals surface area contributed by atoms with E-state index in [0.29, 0.717) is 6.54 Å². The summed E-state index contributed by atoms with van der Waals surface area (Å²) in [6.45, 7) is 8.96. The number of benzene rings is 1. The maximum absolute atomic E-state index is 12.2. The second kappa shape index (κ2) is 5.51. The van der Waals surface area contributed by atoms with Crippen LogP contribution >= 0.6 is 0 Å². The van der Waals surface area contributed by atoms with Gasteiger partial charge in [-0.3, -0.25) is 4.79 Å². The number of amides is 1. The second-order valence-electron chi connectivity index (χ2n) is 5.08. The molecular formula is C15H23N3O. The van der Waals surface area contributed by atoms with Gasteiger partial charge in [0.05, 0.1) is 6.54 Å². The Morgan fingerprint density at radius 2 is 2.05 bits per heavy atom. The third kappa shape index (κ3) is 2.67. The van der Waals surface area contributed by atoms with Crippen LogP contribution in [0.2, 0.25) is 0 Å². The van der Waals surface area contributed by atoms with Crippen LogP contribution in [-0.2, 0) is 11.2 Å². The van der Waals surface area contributed by atoms with Gasteiger partial charge in [-0.05, 0) is 44.4 Å². The van der Waals surface area contributed by atoms with E-state index in [4.69, 9.17) is 5.73 Å². The molecule has 2 N–H and O–H groups in total. The summed E-state index contributed by atoms with van der Waals surface area (Å²) in [5.41, 5.74) is 10.3. The number of nitrogens with zero attached hydrogens (tertiary/aromatic N) is 2. The van der Waals surface area contributed by atoms with E-state index in [1.807, 2.05) is 31.7 Å². The van der Waals surface area contributed by atoms with E-state index >= 15 is 0 Å². The number of nitrogens with two attached hydrogens (primary N) is 1. The average molecular weight is 261 g/mol. The fourth-order valence-electron chi connectivity index (χ4n) is 2.65. The highest BCUT2D eigenvalue weighted by Gasteiger charge is 2.23. The molecule has 0 aliphatic carbocycles. The highest BCUT2D eigenvalue weighted by atomic mass is 16.2. The molecule has 4 heteroatoms. The van der Waals surface area contributed by atoms with Crippen molar-refractivity contribution >= 4 is 17.3 Å². The Labute approximate surface area is 115 Å². The number of hydrogen-bond donors (Lipinski definition) is 1. The minimum atomic E-state index is 0.192. The molecule has 0 radical (unpaired) electrons. The molecule has 4 nitrogen and oxygen atoms in total. The van der Waals surface area contributed by atoms with Gasteiger partial charge >= 0.3 is 0 Å². The number of anilines is 2. The van der Waals surface area contributed by atoms with Gasteiger partial charge in [0.1, 0.15) is 0 Å². The quantitative estimate of drug-likeness (QED) is 0.841. The average Bonchev–Trinajstić information content (AvgIpc) is 2.74. The highest BCUT2D eigenvalue weighted by molar-refractivity contribution is 5.83. The van der Waals surface area contributed by atoms with Crippen molar-refractivity contribution in [2.75, 3.05) is 36.8 Å². The van der Waals surface area contributed by atoms with Crippen molar-refractivity contribution in [3.8, 4) is 0 Å². The van der Waals surface area contributed by atoms with Gasteiger partial charge in [0.25, 0.3) is 0 Å². The Morgan fingerprint density at radius 3 is 2.68 bits per heavy atom. The minimum absolute atomic E-state index is 0.192. The molecule has 1 aromatic rings.